The number of rotatable bonds is 17. The Morgan fingerprint density at radius 1 is 0.458 bits per heavy atom. The highest BCUT2D eigenvalue weighted by Gasteiger charge is 2.49. The summed E-state index contributed by atoms with van der Waals surface area (Å²) in [5.41, 5.74) is 3.57. The fraction of sp³-hybridized carbons (Fsp3) is 0.368. The van der Waals surface area contributed by atoms with Crippen LogP contribution in [0.5, 0.6) is 23.0 Å². The molecule has 5 atom stereocenters. The molecule has 48 heavy (non-hydrogen) atoms. The van der Waals surface area contributed by atoms with Crippen molar-refractivity contribution >= 4 is 0 Å². The molecule has 1 heterocycles. The fourth-order valence-electron chi connectivity index (χ4n) is 5.32. The van der Waals surface area contributed by atoms with Gasteiger partial charge in [0.25, 0.3) is 0 Å². The van der Waals surface area contributed by atoms with E-state index in [2.05, 4.69) is 0 Å². The van der Waals surface area contributed by atoms with Crippen LogP contribution in [0.15, 0.2) is 97.1 Å². The van der Waals surface area contributed by atoms with Gasteiger partial charge >= 0.3 is 0 Å². The number of benzene rings is 4. The standard InChI is InChI=1S/C38H43FO9/c1-40-30-13-5-26(6-14-30)21-44-25-34-35(45-22-27-7-15-31(41-2)16-8-27)36(46-23-28-9-17-32(42-3)18-10-28)37(38(39)48-34)47-24-29-11-19-33(43-4)20-12-29/h5-20,34-38H,21-25H2,1-4H3/t34-,35+,36+,37-,38+/m1/s1. The third kappa shape index (κ3) is 9.68. The lowest BCUT2D eigenvalue weighted by Crippen LogP contribution is -2.60. The lowest BCUT2D eigenvalue weighted by Gasteiger charge is -2.43. The molecule has 1 saturated heterocycles. The summed E-state index contributed by atoms with van der Waals surface area (Å²) in [6.45, 7) is 0.891. The highest BCUT2D eigenvalue weighted by molar-refractivity contribution is 5.29. The second-order valence-corrected chi connectivity index (χ2v) is 11.3. The monoisotopic (exact) mass is 662 g/mol. The molecule has 4 aromatic carbocycles. The first-order valence-electron chi connectivity index (χ1n) is 15.7. The van der Waals surface area contributed by atoms with E-state index in [4.69, 9.17) is 42.6 Å². The minimum absolute atomic E-state index is 0.0628. The van der Waals surface area contributed by atoms with Crippen molar-refractivity contribution in [3.8, 4) is 23.0 Å². The molecule has 10 heteroatoms. The summed E-state index contributed by atoms with van der Waals surface area (Å²) in [6.07, 6.45) is -5.28. The largest absolute Gasteiger partial charge is 0.497 e. The summed E-state index contributed by atoms with van der Waals surface area (Å²) >= 11 is 0. The third-order valence-electron chi connectivity index (χ3n) is 8.09. The van der Waals surface area contributed by atoms with E-state index in [-0.39, 0.29) is 26.4 Å². The van der Waals surface area contributed by atoms with E-state index in [1.807, 2.05) is 97.1 Å². The van der Waals surface area contributed by atoms with Crippen molar-refractivity contribution in [1.82, 2.24) is 0 Å². The van der Waals surface area contributed by atoms with Crippen LogP contribution in [0.25, 0.3) is 0 Å². The van der Waals surface area contributed by atoms with Gasteiger partial charge in [-0.2, -0.15) is 0 Å². The van der Waals surface area contributed by atoms with Gasteiger partial charge in [-0.15, -0.1) is 0 Å². The summed E-state index contributed by atoms with van der Waals surface area (Å²) in [5, 5.41) is 0. The molecule has 0 aromatic heterocycles. The highest BCUT2D eigenvalue weighted by atomic mass is 19.1. The van der Waals surface area contributed by atoms with E-state index in [0.29, 0.717) is 12.4 Å². The molecule has 0 unspecified atom stereocenters. The molecule has 1 aliphatic heterocycles. The molecule has 1 fully saturated rings. The van der Waals surface area contributed by atoms with Crippen LogP contribution in [0, 0.1) is 0 Å². The van der Waals surface area contributed by atoms with Crippen molar-refractivity contribution in [2.75, 3.05) is 35.0 Å². The Labute approximate surface area is 281 Å². The zero-order chi connectivity index (χ0) is 33.7. The van der Waals surface area contributed by atoms with Crippen LogP contribution in [-0.4, -0.2) is 65.8 Å². The zero-order valence-electron chi connectivity index (χ0n) is 27.7. The number of ether oxygens (including phenoxy) is 9. The Hall–Kier alpha value is -4.19. The SMILES string of the molecule is COc1ccc(COC[C@H]2O[C@H](F)[C@H](OCc3ccc(OC)cc3)[C@@H](OCc3ccc(OC)cc3)[C@H]2OCc2ccc(OC)cc2)cc1. The molecule has 0 bridgehead atoms. The molecule has 9 nitrogen and oxygen atoms in total. The van der Waals surface area contributed by atoms with Crippen LogP contribution in [0.4, 0.5) is 4.39 Å². The van der Waals surface area contributed by atoms with Gasteiger partial charge in [0.15, 0.2) is 0 Å². The first kappa shape index (κ1) is 35.1. The number of hydrogen-bond acceptors (Lipinski definition) is 9. The lowest BCUT2D eigenvalue weighted by molar-refractivity contribution is -0.298. The van der Waals surface area contributed by atoms with E-state index >= 15 is 4.39 Å². The van der Waals surface area contributed by atoms with Crippen LogP contribution in [0.2, 0.25) is 0 Å². The van der Waals surface area contributed by atoms with E-state index in [1.54, 1.807) is 28.4 Å². The van der Waals surface area contributed by atoms with E-state index in [9.17, 15) is 0 Å². The van der Waals surface area contributed by atoms with Crippen LogP contribution in [-0.2, 0) is 50.1 Å². The quantitative estimate of drug-likeness (QED) is 0.123. The molecule has 0 amide bonds. The maximum absolute atomic E-state index is 16.0. The normalized spacial score (nSPS) is 20.6. The maximum Gasteiger partial charge on any atom is 0.228 e. The summed E-state index contributed by atoms with van der Waals surface area (Å²) < 4.78 is 68.4. The van der Waals surface area contributed by atoms with Gasteiger partial charge in [-0.3, -0.25) is 0 Å². The van der Waals surface area contributed by atoms with Crippen LogP contribution in [0.1, 0.15) is 22.3 Å². The predicted molar refractivity (Wildman–Crippen MR) is 177 cm³/mol. The number of methoxy groups -OCH3 is 4. The number of alkyl halides is 1. The Bertz CT molecular complexity index is 1500. The van der Waals surface area contributed by atoms with Gasteiger partial charge in [0.1, 0.15) is 47.4 Å². The van der Waals surface area contributed by atoms with Crippen LogP contribution >= 0.6 is 0 Å². The smallest absolute Gasteiger partial charge is 0.228 e. The first-order chi connectivity index (χ1) is 23.5. The molecule has 1 aliphatic rings. The summed E-state index contributed by atoms with van der Waals surface area (Å²) in [4.78, 5) is 0. The minimum Gasteiger partial charge on any atom is -0.497 e. The topological polar surface area (TPSA) is 83.1 Å². The second kappa shape index (κ2) is 17.8. The van der Waals surface area contributed by atoms with Crippen LogP contribution < -0.4 is 18.9 Å². The van der Waals surface area contributed by atoms with Gasteiger partial charge in [0.05, 0.1) is 61.5 Å². The van der Waals surface area contributed by atoms with Gasteiger partial charge in [0.2, 0.25) is 6.36 Å². The Balaban J connectivity index is 1.37. The molecule has 5 rings (SSSR count). The average Bonchev–Trinajstić information content (AvgIpc) is 3.14. The van der Waals surface area contributed by atoms with Crippen LogP contribution in [0.3, 0.4) is 0 Å². The number of hydrogen-bond donors (Lipinski definition) is 0. The molecule has 256 valence electrons. The predicted octanol–water partition coefficient (Wildman–Crippen LogP) is 6.69. The molecule has 0 saturated carbocycles. The zero-order valence-corrected chi connectivity index (χ0v) is 27.7. The first-order valence-corrected chi connectivity index (χ1v) is 15.7. The van der Waals surface area contributed by atoms with Gasteiger partial charge in [-0.1, -0.05) is 48.5 Å². The Kier molecular flexibility index (Phi) is 13.0. The molecular weight excluding hydrogens is 619 g/mol. The van der Waals surface area contributed by atoms with E-state index < -0.39 is 30.8 Å². The van der Waals surface area contributed by atoms with Crippen molar-refractivity contribution in [2.45, 2.75) is 57.2 Å². The van der Waals surface area contributed by atoms with Crippen molar-refractivity contribution in [1.29, 1.82) is 0 Å². The Morgan fingerprint density at radius 3 is 1.17 bits per heavy atom. The maximum atomic E-state index is 16.0. The fourth-order valence-corrected chi connectivity index (χ4v) is 5.32. The van der Waals surface area contributed by atoms with Crippen molar-refractivity contribution in [3.05, 3.63) is 119 Å². The Morgan fingerprint density at radius 2 is 0.792 bits per heavy atom. The summed E-state index contributed by atoms with van der Waals surface area (Å²) in [5.74, 6) is 2.93. The highest BCUT2D eigenvalue weighted by Crippen LogP contribution is 2.32. The van der Waals surface area contributed by atoms with E-state index in [1.165, 1.54) is 0 Å². The van der Waals surface area contributed by atoms with Gasteiger partial charge in [-0.25, -0.2) is 4.39 Å². The third-order valence-corrected chi connectivity index (χ3v) is 8.09. The molecule has 4 aromatic rings. The molecular formula is C38H43FO9. The van der Waals surface area contributed by atoms with E-state index in [0.717, 1.165) is 39.5 Å². The van der Waals surface area contributed by atoms with Crippen molar-refractivity contribution in [2.24, 2.45) is 0 Å². The molecule has 0 N–H and O–H groups in total. The second-order valence-electron chi connectivity index (χ2n) is 11.3. The lowest BCUT2D eigenvalue weighted by atomic mass is 9.98. The molecule has 0 spiro atoms. The van der Waals surface area contributed by atoms with Gasteiger partial charge in [-0.05, 0) is 70.8 Å². The average molecular weight is 663 g/mol. The van der Waals surface area contributed by atoms with Crippen molar-refractivity contribution < 1.29 is 47.0 Å². The molecule has 0 aliphatic carbocycles. The van der Waals surface area contributed by atoms with Gasteiger partial charge in [0, 0.05) is 0 Å². The number of halogens is 1. The minimum atomic E-state index is -1.81. The summed E-state index contributed by atoms with van der Waals surface area (Å²) in [6, 6.07) is 30.0. The van der Waals surface area contributed by atoms with Gasteiger partial charge < -0.3 is 42.6 Å². The summed E-state index contributed by atoms with van der Waals surface area (Å²) in [7, 11) is 6.45. The van der Waals surface area contributed by atoms with Crippen molar-refractivity contribution in [3.63, 3.8) is 0 Å². The molecule has 0 radical (unpaired) electrons.